The van der Waals surface area contributed by atoms with Gasteiger partial charge in [0.25, 0.3) is 0 Å². The van der Waals surface area contributed by atoms with E-state index in [0.29, 0.717) is 0 Å². The van der Waals surface area contributed by atoms with Gasteiger partial charge in [-0.05, 0) is 86.0 Å². The Morgan fingerprint density at radius 2 is 1.42 bits per heavy atom. The Kier molecular flexibility index (Phi) is 5.53. The molecule has 0 spiro atoms. The van der Waals surface area contributed by atoms with Gasteiger partial charge in [-0.25, -0.2) is 0 Å². The number of nitrogens with zero attached hydrogens (tertiary/aromatic N) is 3. The zero-order valence-corrected chi connectivity index (χ0v) is 29.9. The largest absolute Gasteiger partial charge is 0.455 e. The lowest BCUT2D eigenvalue weighted by atomic mass is 9.59. The second kappa shape index (κ2) is 9.99. The number of rotatable bonds is 0. The number of allylic oxidation sites excluding steroid dienone is 1. The Hall–Kier alpha value is -6.26. The van der Waals surface area contributed by atoms with Gasteiger partial charge in [0.15, 0.2) is 23.6 Å². The van der Waals surface area contributed by atoms with E-state index in [0.717, 1.165) is 41.5 Å². The Morgan fingerprint density at radius 3 is 2.32 bits per heavy atom. The van der Waals surface area contributed by atoms with E-state index in [1.165, 1.54) is 77.1 Å². The maximum absolute atomic E-state index is 6.80. The van der Waals surface area contributed by atoms with Crippen molar-refractivity contribution in [3.8, 4) is 22.5 Å². The summed E-state index contributed by atoms with van der Waals surface area (Å²) in [7, 11) is 0. The van der Waals surface area contributed by atoms with Crippen molar-refractivity contribution < 1.29 is 13.6 Å². The van der Waals surface area contributed by atoms with Gasteiger partial charge in [-0.15, -0.1) is 0 Å². The summed E-state index contributed by atoms with van der Waals surface area (Å²) in [5, 5.41) is 7.32. The van der Waals surface area contributed by atoms with Crippen LogP contribution in [0, 0.1) is 0 Å². The number of para-hydroxylation sites is 2. The van der Waals surface area contributed by atoms with Gasteiger partial charge in [-0.3, -0.25) is 0 Å². The van der Waals surface area contributed by atoms with Crippen molar-refractivity contribution in [1.82, 2.24) is 4.40 Å². The molecule has 2 aliphatic rings. The monoisotopic (exact) mass is 683 g/mol. The van der Waals surface area contributed by atoms with E-state index in [-0.39, 0.29) is 11.0 Å². The van der Waals surface area contributed by atoms with Crippen LogP contribution >= 0.6 is 0 Å². The van der Waals surface area contributed by atoms with Crippen molar-refractivity contribution in [2.75, 3.05) is 0 Å². The number of aromatic nitrogens is 3. The first-order valence-electron chi connectivity index (χ1n) is 18.8. The van der Waals surface area contributed by atoms with Crippen LogP contribution in [0.2, 0.25) is 0 Å². The number of benzene rings is 5. The highest BCUT2D eigenvalue weighted by Gasteiger charge is 2.59. The summed E-state index contributed by atoms with van der Waals surface area (Å²) in [5.41, 5.74) is 13.9. The summed E-state index contributed by atoms with van der Waals surface area (Å²) >= 11 is 0. The second-order valence-corrected chi connectivity index (χ2v) is 15.8. The van der Waals surface area contributed by atoms with Gasteiger partial charge >= 0.3 is 0 Å². The van der Waals surface area contributed by atoms with Crippen LogP contribution < -0.4 is 9.13 Å². The van der Waals surface area contributed by atoms with Crippen LogP contribution in [0.5, 0.6) is 0 Å². The van der Waals surface area contributed by atoms with Crippen LogP contribution in [0.15, 0.2) is 151 Å². The number of furan rings is 1. The number of hydrogen-bond acceptors (Lipinski definition) is 1. The van der Waals surface area contributed by atoms with Gasteiger partial charge in [0, 0.05) is 63.7 Å². The van der Waals surface area contributed by atoms with Gasteiger partial charge in [0.1, 0.15) is 11.2 Å². The first-order valence-corrected chi connectivity index (χ1v) is 18.8. The van der Waals surface area contributed by atoms with E-state index < -0.39 is 0 Å². The standard InChI is InChI=1S/C49H37N3O/c1-30-29-49(3)48(2,23-22-31-14-4-5-15-32(31)40-18-10-12-24-50(30)40)39-28-43-38(27-37(39)41-19-11-13-25-51(41)49)45-46-35(33-16-6-8-20-42(33)52(43)46)26-36-34-17-7-9-21-44(34)53-47(36)45/h4-21,24-28H,1,22-23,29H2,2-3H3/q+2. The lowest BCUT2D eigenvalue weighted by Crippen LogP contribution is -2.68. The van der Waals surface area contributed by atoms with E-state index in [1.807, 2.05) is 0 Å². The molecule has 53 heavy (non-hydrogen) atoms. The summed E-state index contributed by atoms with van der Waals surface area (Å²) in [6.07, 6.45) is 7.23. The lowest BCUT2D eigenvalue weighted by Gasteiger charge is -2.47. The fraction of sp³-hybridized carbons (Fsp3) is 0.143. The van der Waals surface area contributed by atoms with E-state index in [1.54, 1.807) is 0 Å². The molecule has 5 aromatic heterocycles. The highest BCUT2D eigenvalue weighted by molar-refractivity contribution is 6.33. The zero-order chi connectivity index (χ0) is 35.2. The Labute approximate surface area is 306 Å². The molecule has 0 bridgehead atoms. The molecule has 2 aliphatic heterocycles. The van der Waals surface area contributed by atoms with Gasteiger partial charge in [-0.2, -0.15) is 9.13 Å². The van der Waals surface area contributed by atoms with Crippen molar-refractivity contribution in [2.24, 2.45) is 0 Å². The van der Waals surface area contributed by atoms with Crippen molar-refractivity contribution >= 4 is 65.7 Å². The lowest BCUT2D eigenvalue weighted by molar-refractivity contribution is -0.766. The molecule has 2 atom stereocenters. The molecular weight excluding hydrogens is 647 g/mol. The molecule has 7 heterocycles. The van der Waals surface area contributed by atoms with E-state index in [2.05, 4.69) is 167 Å². The van der Waals surface area contributed by atoms with Gasteiger partial charge in [-0.1, -0.05) is 54.6 Å². The normalized spacial score (nSPS) is 19.8. The van der Waals surface area contributed by atoms with Crippen molar-refractivity contribution in [3.05, 3.63) is 157 Å². The zero-order valence-electron chi connectivity index (χ0n) is 29.9. The van der Waals surface area contributed by atoms with E-state index in [9.17, 15) is 0 Å². The van der Waals surface area contributed by atoms with Crippen LogP contribution in [-0.4, -0.2) is 4.40 Å². The quantitative estimate of drug-likeness (QED) is 0.146. The molecule has 252 valence electrons. The Balaban J connectivity index is 1.22. The van der Waals surface area contributed by atoms with Crippen LogP contribution in [0.25, 0.3) is 88.2 Å². The predicted octanol–water partition coefficient (Wildman–Crippen LogP) is 11.1. The maximum Gasteiger partial charge on any atom is 0.218 e. The molecule has 2 unspecified atom stereocenters. The first-order chi connectivity index (χ1) is 25.9. The minimum atomic E-state index is -0.320. The third-order valence-electron chi connectivity index (χ3n) is 13.3. The van der Waals surface area contributed by atoms with Crippen molar-refractivity contribution in [2.45, 2.75) is 44.1 Å². The number of pyridine rings is 2. The van der Waals surface area contributed by atoms with Crippen LogP contribution in [0.4, 0.5) is 0 Å². The molecule has 0 saturated heterocycles. The molecule has 0 saturated carbocycles. The molecule has 0 fully saturated rings. The molecule has 12 rings (SSSR count). The molecular formula is C49H37N3O+2. The minimum Gasteiger partial charge on any atom is -0.455 e. The third-order valence-corrected chi connectivity index (χ3v) is 13.3. The Morgan fingerprint density at radius 1 is 0.660 bits per heavy atom. The third kappa shape index (κ3) is 3.56. The molecule has 5 aromatic carbocycles. The van der Waals surface area contributed by atoms with E-state index in [4.69, 9.17) is 11.0 Å². The van der Waals surface area contributed by atoms with Crippen LogP contribution in [-0.2, 0) is 17.4 Å². The molecule has 0 aliphatic carbocycles. The number of hydrogen-bond donors (Lipinski definition) is 0. The smallest absolute Gasteiger partial charge is 0.218 e. The predicted molar refractivity (Wildman–Crippen MR) is 215 cm³/mol. The molecule has 4 nitrogen and oxygen atoms in total. The molecule has 0 N–H and O–H groups in total. The van der Waals surface area contributed by atoms with Crippen LogP contribution in [0.3, 0.4) is 0 Å². The number of fused-ring (bicyclic) bond motifs is 19. The average Bonchev–Trinajstić information content (AvgIpc) is 3.85. The van der Waals surface area contributed by atoms with E-state index >= 15 is 0 Å². The summed E-state index contributed by atoms with van der Waals surface area (Å²) in [6.45, 7) is 9.82. The molecule has 10 aromatic rings. The average molecular weight is 684 g/mol. The highest BCUT2D eigenvalue weighted by atomic mass is 16.3. The number of aryl methyl sites for hydroxylation is 1. The summed E-state index contributed by atoms with van der Waals surface area (Å²) in [5.74, 6) is 0. The van der Waals surface area contributed by atoms with Gasteiger partial charge in [0.2, 0.25) is 11.4 Å². The van der Waals surface area contributed by atoms with Crippen molar-refractivity contribution in [1.29, 1.82) is 0 Å². The van der Waals surface area contributed by atoms with Gasteiger partial charge < -0.3 is 8.82 Å². The summed E-state index contributed by atoms with van der Waals surface area (Å²) < 4.78 is 14.2. The fourth-order valence-electron chi connectivity index (χ4n) is 10.6. The summed E-state index contributed by atoms with van der Waals surface area (Å²) in [6, 6.07) is 47.0. The topological polar surface area (TPSA) is 25.3 Å². The summed E-state index contributed by atoms with van der Waals surface area (Å²) in [4.78, 5) is 0. The maximum atomic E-state index is 6.80. The molecule has 4 heteroatoms. The van der Waals surface area contributed by atoms with Crippen molar-refractivity contribution in [3.63, 3.8) is 0 Å². The van der Waals surface area contributed by atoms with Crippen LogP contribution in [0.1, 0.15) is 37.8 Å². The molecule has 0 radical (unpaired) electrons. The molecule has 0 amide bonds. The second-order valence-electron chi connectivity index (χ2n) is 15.8. The highest BCUT2D eigenvalue weighted by Crippen LogP contribution is 2.54. The van der Waals surface area contributed by atoms with Gasteiger partial charge in [0.05, 0.1) is 39.3 Å². The Bertz CT molecular complexity index is 3220. The minimum absolute atomic E-state index is 0.259. The SMILES string of the molecule is C=C1CC2(C)[n+]3ccccc3-c3cc4c5c6oc7ccccc7c6cc6c7ccccc7n(c4cc3C2(C)CCc2ccccc2-c2cccc[n+]21)c65. The fourth-order valence-corrected chi connectivity index (χ4v) is 10.6. The first kappa shape index (κ1) is 29.3.